The molecule has 0 aliphatic carbocycles. The molecule has 0 aliphatic heterocycles. The zero-order valence-corrected chi connectivity index (χ0v) is 17.4. The highest BCUT2D eigenvalue weighted by atomic mass is 35.5. The van der Waals surface area contributed by atoms with Gasteiger partial charge < -0.3 is 14.8 Å². The zero-order valence-electron chi connectivity index (χ0n) is 16.7. The standard InChI is InChI=1S/C22H26ClNO4/c1-15-13-17(23)7-10-19(15)24-20(25)14-28-21(26)11-12-27-18-8-5-16(6-9-18)22(2,3)4/h5-10,13H,11-12,14H2,1-4H3,(H,24,25). The highest BCUT2D eigenvalue weighted by Crippen LogP contribution is 2.24. The Kier molecular flexibility index (Phi) is 7.46. The molecule has 0 radical (unpaired) electrons. The van der Waals surface area contributed by atoms with E-state index in [4.69, 9.17) is 21.1 Å². The number of benzene rings is 2. The SMILES string of the molecule is Cc1cc(Cl)ccc1NC(=O)COC(=O)CCOc1ccc(C(C)(C)C)cc1. The van der Waals surface area contributed by atoms with E-state index in [1.165, 1.54) is 5.56 Å². The fourth-order valence-corrected chi connectivity index (χ4v) is 2.70. The summed E-state index contributed by atoms with van der Waals surface area (Å²) in [6, 6.07) is 12.9. The van der Waals surface area contributed by atoms with Crippen molar-refractivity contribution in [3.05, 3.63) is 58.6 Å². The molecule has 5 nitrogen and oxygen atoms in total. The van der Waals surface area contributed by atoms with Crippen molar-refractivity contribution >= 4 is 29.2 Å². The molecule has 2 aromatic rings. The fourth-order valence-electron chi connectivity index (χ4n) is 2.48. The predicted octanol–water partition coefficient (Wildman–Crippen LogP) is 4.90. The van der Waals surface area contributed by atoms with Gasteiger partial charge in [0.25, 0.3) is 5.91 Å². The number of ether oxygens (including phenoxy) is 2. The third kappa shape index (κ3) is 6.89. The van der Waals surface area contributed by atoms with E-state index in [0.717, 1.165) is 5.56 Å². The lowest BCUT2D eigenvalue weighted by atomic mass is 9.87. The lowest BCUT2D eigenvalue weighted by molar-refractivity contribution is -0.147. The van der Waals surface area contributed by atoms with E-state index >= 15 is 0 Å². The van der Waals surface area contributed by atoms with Gasteiger partial charge >= 0.3 is 5.97 Å². The fraction of sp³-hybridized carbons (Fsp3) is 0.364. The van der Waals surface area contributed by atoms with Crippen LogP contribution >= 0.6 is 11.6 Å². The van der Waals surface area contributed by atoms with Crippen molar-refractivity contribution in [2.75, 3.05) is 18.5 Å². The summed E-state index contributed by atoms with van der Waals surface area (Å²) < 4.78 is 10.5. The summed E-state index contributed by atoms with van der Waals surface area (Å²) in [4.78, 5) is 23.7. The Balaban J connectivity index is 1.70. The van der Waals surface area contributed by atoms with Gasteiger partial charge in [0.05, 0.1) is 13.0 Å². The van der Waals surface area contributed by atoms with E-state index in [1.807, 2.05) is 31.2 Å². The van der Waals surface area contributed by atoms with E-state index in [9.17, 15) is 9.59 Å². The van der Waals surface area contributed by atoms with Crippen LogP contribution in [0.2, 0.25) is 5.02 Å². The van der Waals surface area contributed by atoms with Crippen LogP contribution in [0.25, 0.3) is 0 Å². The minimum atomic E-state index is -0.491. The van der Waals surface area contributed by atoms with Crippen LogP contribution in [0, 0.1) is 6.92 Å². The second-order valence-corrected chi connectivity index (χ2v) is 7.98. The highest BCUT2D eigenvalue weighted by Gasteiger charge is 2.13. The summed E-state index contributed by atoms with van der Waals surface area (Å²) in [6.07, 6.45) is 0.0638. The molecule has 0 aromatic heterocycles. The number of carbonyl (C=O) groups is 2. The third-order valence-corrected chi connectivity index (χ3v) is 4.36. The smallest absolute Gasteiger partial charge is 0.309 e. The lowest BCUT2D eigenvalue weighted by Crippen LogP contribution is -2.22. The molecule has 1 N–H and O–H groups in total. The molecular weight excluding hydrogens is 378 g/mol. The zero-order chi connectivity index (χ0) is 20.7. The van der Waals surface area contributed by atoms with Crippen molar-refractivity contribution in [2.24, 2.45) is 0 Å². The minimum Gasteiger partial charge on any atom is -0.493 e. The Morgan fingerprint density at radius 1 is 1.07 bits per heavy atom. The van der Waals surface area contributed by atoms with Gasteiger partial charge in [0.1, 0.15) is 5.75 Å². The van der Waals surface area contributed by atoms with Gasteiger partial charge in [0.2, 0.25) is 0 Å². The molecular formula is C22H26ClNO4. The molecule has 0 aliphatic rings. The molecule has 0 fully saturated rings. The molecule has 2 aromatic carbocycles. The maximum Gasteiger partial charge on any atom is 0.309 e. The molecule has 0 saturated heterocycles. The summed E-state index contributed by atoms with van der Waals surface area (Å²) in [5.41, 5.74) is 2.75. The van der Waals surface area contributed by atoms with Crippen LogP contribution in [0.15, 0.2) is 42.5 Å². The molecule has 0 saturated carbocycles. The summed E-state index contributed by atoms with van der Waals surface area (Å²) in [5.74, 6) is -0.205. The first-order valence-corrected chi connectivity index (χ1v) is 9.48. The molecule has 2 rings (SSSR count). The van der Waals surface area contributed by atoms with Crippen LogP contribution in [-0.4, -0.2) is 25.1 Å². The maximum atomic E-state index is 11.9. The average Bonchev–Trinajstić information content (AvgIpc) is 2.62. The molecule has 0 spiro atoms. The van der Waals surface area contributed by atoms with E-state index in [-0.39, 0.29) is 25.0 Å². The number of halogens is 1. The Morgan fingerprint density at radius 3 is 2.36 bits per heavy atom. The Hall–Kier alpha value is -2.53. The van der Waals surface area contributed by atoms with E-state index in [1.54, 1.807) is 18.2 Å². The van der Waals surface area contributed by atoms with Gasteiger partial charge in [-0.05, 0) is 53.8 Å². The highest BCUT2D eigenvalue weighted by molar-refractivity contribution is 6.30. The van der Waals surface area contributed by atoms with Crippen molar-refractivity contribution < 1.29 is 19.1 Å². The number of aryl methyl sites for hydroxylation is 1. The number of nitrogens with one attached hydrogen (secondary N) is 1. The van der Waals surface area contributed by atoms with Gasteiger partial charge in [-0.3, -0.25) is 9.59 Å². The number of anilines is 1. The van der Waals surface area contributed by atoms with Crippen LogP contribution in [0.3, 0.4) is 0 Å². The topological polar surface area (TPSA) is 64.6 Å². The van der Waals surface area contributed by atoms with Gasteiger partial charge in [0.15, 0.2) is 6.61 Å². The number of carbonyl (C=O) groups excluding carboxylic acids is 2. The normalized spacial score (nSPS) is 11.0. The second kappa shape index (κ2) is 9.60. The predicted molar refractivity (Wildman–Crippen MR) is 111 cm³/mol. The molecule has 150 valence electrons. The van der Waals surface area contributed by atoms with E-state index < -0.39 is 11.9 Å². The number of rotatable bonds is 7. The van der Waals surface area contributed by atoms with E-state index in [2.05, 4.69) is 26.1 Å². The molecule has 0 atom stereocenters. The number of hydrogen-bond acceptors (Lipinski definition) is 4. The van der Waals surface area contributed by atoms with Crippen molar-refractivity contribution in [1.29, 1.82) is 0 Å². The first-order chi connectivity index (χ1) is 13.1. The molecule has 0 bridgehead atoms. The van der Waals surface area contributed by atoms with Crippen molar-refractivity contribution in [2.45, 2.75) is 39.5 Å². The van der Waals surface area contributed by atoms with Crippen LogP contribution in [0.4, 0.5) is 5.69 Å². The molecule has 28 heavy (non-hydrogen) atoms. The van der Waals surface area contributed by atoms with Crippen LogP contribution in [0.5, 0.6) is 5.75 Å². The molecule has 0 heterocycles. The Morgan fingerprint density at radius 2 is 1.75 bits per heavy atom. The quantitative estimate of drug-likeness (QED) is 0.668. The van der Waals surface area contributed by atoms with Crippen molar-refractivity contribution in [1.82, 2.24) is 0 Å². The van der Waals surface area contributed by atoms with Gasteiger partial charge in [-0.15, -0.1) is 0 Å². The summed E-state index contributed by atoms with van der Waals surface area (Å²) in [5, 5.41) is 3.28. The number of hydrogen-bond donors (Lipinski definition) is 1. The number of esters is 1. The van der Waals surface area contributed by atoms with Crippen LogP contribution in [0.1, 0.15) is 38.3 Å². The van der Waals surface area contributed by atoms with Gasteiger partial charge in [-0.2, -0.15) is 0 Å². The maximum absolute atomic E-state index is 11.9. The first kappa shape index (κ1) is 21.8. The second-order valence-electron chi connectivity index (χ2n) is 7.54. The molecule has 0 unspecified atom stereocenters. The van der Waals surface area contributed by atoms with Crippen molar-refractivity contribution in [3.8, 4) is 5.75 Å². The molecule has 1 amide bonds. The van der Waals surface area contributed by atoms with Crippen LogP contribution < -0.4 is 10.1 Å². The van der Waals surface area contributed by atoms with Gasteiger partial charge in [0, 0.05) is 10.7 Å². The monoisotopic (exact) mass is 403 g/mol. The summed E-state index contributed by atoms with van der Waals surface area (Å²) >= 11 is 5.88. The van der Waals surface area contributed by atoms with Crippen LogP contribution in [-0.2, 0) is 19.7 Å². The Labute approximate surface area is 171 Å². The first-order valence-electron chi connectivity index (χ1n) is 9.10. The van der Waals surface area contributed by atoms with E-state index in [0.29, 0.717) is 16.5 Å². The van der Waals surface area contributed by atoms with Gasteiger partial charge in [-0.25, -0.2) is 0 Å². The summed E-state index contributed by atoms with van der Waals surface area (Å²) in [7, 11) is 0. The largest absolute Gasteiger partial charge is 0.493 e. The van der Waals surface area contributed by atoms with Gasteiger partial charge in [-0.1, -0.05) is 44.5 Å². The summed E-state index contributed by atoms with van der Waals surface area (Å²) in [6.45, 7) is 8.10. The number of amides is 1. The molecule has 6 heteroatoms. The third-order valence-electron chi connectivity index (χ3n) is 4.12. The minimum absolute atomic E-state index is 0.0638. The Bertz CT molecular complexity index is 825. The lowest BCUT2D eigenvalue weighted by Gasteiger charge is -2.19. The average molecular weight is 404 g/mol. The van der Waals surface area contributed by atoms with Crippen molar-refractivity contribution in [3.63, 3.8) is 0 Å².